The Labute approximate surface area is 271 Å². The van der Waals surface area contributed by atoms with Crippen LogP contribution in [0.2, 0.25) is 0 Å². The Morgan fingerprint density at radius 1 is 0.622 bits per heavy atom. The molecule has 0 heterocycles. The Bertz CT molecular complexity index is 1470. The monoisotopic (exact) mass is 606 g/mol. The molecule has 4 aromatic carbocycles. The minimum Gasteiger partial charge on any atom is -0.489 e. The molecule has 0 amide bonds. The van der Waals surface area contributed by atoms with Gasteiger partial charge in [0.15, 0.2) is 5.78 Å². The number of rotatable bonds is 14. The van der Waals surface area contributed by atoms with Gasteiger partial charge >= 0.3 is 0 Å². The molecule has 2 unspecified atom stereocenters. The minimum atomic E-state index is -0.0284. The standard InChI is InChI=1S/C21H27NO.C19H23NO2/c1-5-21(17(2)15-22(3)4)19-12-9-13-20(14-19)23-16-18-10-7-6-8-11-18;1-15(13-20(2)3)19(21)17-10-7-11-18(12-17)22-14-16-8-5-4-6-9-16/h5-14,17H,15-16H2,1-4H3;4-12,15H,13-14H2,1-3H3. The highest BCUT2D eigenvalue weighted by Crippen LogP contribution is 2.27. The lowest BCUT2D eigenvalue weighted by Crippen LogP contribution is -2.25. The van der Waals surface area contributed by atoms with Crippen molar-refractivity contribution in [2.75, 3.05) is 41.3 Å². The average Bonchev–Trinajstić information content (AvgIpc) is 3.04. The topological polar surface area (TPSA) is 42.0 Å². The second-order valence-electron chi connectivity index (χ2n) is 12.0. The Hall–Kier alpha value is -4.19. The molecule has 0 saturated heterocycles. The second kappa shape index (κ2) is 18.6. The van der Waals surface area contributed by atoms with Crippen molar-refractivity contribution in [3.8, 4) is 11.5 Å². The lowest BCUT2D eigenvalue weighted by atomic mass is 9.93. The first-order valence-corrected chi connectivity index (χ1v) is 15.7. The van der Waals surface area contributed by atoms with Crippen LogP contribution in [-0.2, 0) is 13.2 Å². The van der Waals surface area contributed by atoms with Gasteiger partial charge in [-0.05, 0) is 87.6 Å². The normalized spacial score (nSPS) is 12.7. The third-order valence-corrected chi connectivity index (χ3v) is 7.35. The van der Waals surface area contributed by atoms with Crippen LogP contribution in [0, 0.1) is 11.8 Å². The molecule has 0 aliphatic heterocycles. The van der Waals surface area contributed by atoms with Gasteiger partial charge < -0.3 is 19.3 Å². The van der Waals surface area contributed by atoms with Crippen molar-refractivity contribution < 1.29 is 14.3 Å². The molecule has 4 aromatic rings. The Kier molecular flexibility index (Phi) is 14.6. The number of allylic oxidation sites excluding steroid dienone is 1. The Balaban J connectivity index is 0.000000246. The van der Waals surface area contributed by atoms with Crippen LogP contribution >= 0.6 is 0 Å². The molecule has 0 aliphatic rings. The van der Waals surface area contributed by atoms with Gasteiger partial charge in [0.25, 0.3) is 0 Å². The number of Topliss-reactive ketones (excluding diaryl/α,β-unsaturated/α-hetero) is 1. The number of hydrogen-bond donors (Lipinski definition) is 0. The van der Waals surface area contributed by atoms with Gasteiger partial charge in [-0.2, -0.15) is 0 Å². The zero-order chi connectivity index (χ0) is 32.6. The maximum Gasteiger partial charge on any atom is 0.167 e. The van der Waals surface area contributed by atoms with Crippen LogP contribution in [0.15, 0.2) is 115 Å². The molecule has 0 spiro atoms. The molecule has 0 radical (unpaired) electrons. The smallest absolute Gasteiger partial charge is 0.167 e. The molecule has 45 heavy (non-hydrogen) atoms. The summed E-state index contributed by atoms with van der Waals surface area (Å²) in [4.78, 5) is 16.7. The molecule has 0 fully saturated rings. The summed E-state index contributed by atoms with van der Waals surface area (Å²) < 4.78 is 11.7. The summed E-state index contributed by atoms with van der Waals surface area (Å²) in [5.41, 5.74) is 5.61. The van der Waals surface area contributed by atoms with Gasteiger partial charge in [0.2, 0.25) is 0 Å². The number of ether oxygens (including phenoxy) is 2. The average molecular weight is 607 g/mol. The molecule has 5 heteroatoms. The predicted molar refractivity (Wildman–Crippen MR) is 188 cm³/mol. The van der Waals surface area contributed by atoms with Gasteiger partial charge in [0, 0.05) is 24.6 Å². The van der Waals surface area contributed by atoms with Crippen LogP contribution in [-0.4, -0.2) is 56.9 Å². The summed E-state index contributed by atoms with van der Waals surface area (Å²) >= 11 is 0. The Morgan fingerprint density at radius 2 is 1.07 bits per heavy atom. The summed E-state index contributed by atoms with van der Waals surface area (Å²) in [7, 11) is 8.18. The molecule has 238 valence electrons. The zero-order valence-corrected chi connectivity index (χ0v) is 28.1. The van der Waals surface area contributed by atoms with Crippen molar-refractivity contribution in [1.29, 1.82) is 0 Å². The molecule has 0 aliphatic carbocycles. The molecular weight excluding hydrogens is 556 g/mol. The van der Waals surface area contributed by atoms with E-state index in [1.54, 1.807) is 0 Å². The van der Waals surface area contributed by atoms with E-state index in [9.17, 15) is 4.79 Å². The number of ketones is 1. The van der Waals surface area contributed by atoms with Crippen LogP contribution in [0.1, 0.15) is 47.8 Å². The number of carbonyl (C=O) groups excluding carboxylic acids is 1. The summed E-state index contributed by atoms with van der Waals surface area (Å²) in [5, 5.41) is 0. The van der Waals surface area contributed by atoms with E-state index in [1.807, 2.05) is 105 Å². The van der Waals surface area contributed by atoms with E-state index in [0.717, 1.165) is 30.2 Å². The highest BCUT2D eigenvalue weighted by atomic mass is 16.5. The van der Waals surface area contributed by atoms with Gasteiger partial charge in [-0.3, -0.25) is 4.79 Å². The maximum absolute atomic E-state index is 12.4. The van der Waals surface area contributed by atoms with Crippen molar-refractivity contribution in [3.05, 3.63) is 138 Å². The van der Waals surface area contributed by atoms with Crippen LogP contribution in [0.4, 0.5) is 0 Å². The van der Waals surface area contributed by atoms with Crippen molar-refractivity contribution in [2.24, 2.45) is 11.8 Å². The van der Waals surface area contributed by atoms with Gasteiger partial charge in [-0.1, -0.05) is 105 Å². The summed E-state index contributed by atoms with van der Waals surface area (Å²) in [5.74, 6) is 2.26. The van der Waals surface area contributed by atoms with E-state index >= 15 is 0 Å². The fraction of sp³-hybridized carbons (Fsp3) is 0.325. The molecule has 4 rings (SSSR count). The summed E-state index contributed by atoms with van der Waals surface area (Å²) in [6, 6.07) is 36.1. The van der Waals surface area contributed by atoms with Crippen molar-refractivity contribution in [1.82, 2.24) is 9.80 Å². The van der Waals surface area contributed by atoms with Gasteiger partial charge in [0.05, 0.1) is 0 Å². The van der Waals surface area contributed by atoms with E-state index < -0.39 is 0 Å². The quantitative estimate of drug-likeness (QED) is 0.135. The first-order valence-electron chi connectivity index (χ1n) is 15.7. The SMILES string of the molecule is CC(CN(C)C)C(=O)c1cccc(OCc2ccccc2)c1.CC=C(c1cccc(OCc2ccccc2)c1)C(C)CN(C)C. The van der Waals surface area contributed by atoms with Crippen LogP contribution in [0.25, 0.3) is 5.57 Å². The third-order valence-electron chi connectivity index (χ3n) is 7.35. The number of benzene rings is 4. The maximum atomic E-state index is 12.4. The van der Waals surface area contributed by atoms with Crippen molar-refractivity contribution in [3.63, 3.8) is 0 Å². The van der Waals surface area contributed by atoms with Gasteiger partial charge in [-0.15, -0.1) is 0 Å². The van der Waals surface area contributed by atoms with E-state index in [0.29, 0.717) is 24.7 Å². The van der Waals surface area contributed by atoms with E-state index in [4.69, 9.17) is 9.47 Å². The number of nitrogens with zero attached hydrogens (tertiary/aromatic N) is 2. The van der Waals surface area contributed by atoms with Crippen LogP contribution in [0.5, 0.6) is 11.5 Å². The Morgan fingerprint density at radius 3 is 1.53 bits per heavy atom. The molecule has 0 bridgehead atoms. The molecule has 2 atom stereocenters. The van der Waals surface area contributed by atoms with Gasteiger partial charge in [-0.25, -0.2) is 0 Å². The lowest BCUT2D eigenvalue weighted by Gasteiger charge is -2.20. The highest BCUT2D eigenvalue weighted by molar-refractivity contribution is 5.98. The second-order valence-corrected chi connectivity index (χ2v) is 12.0. The van der Waals surface area contributed by atoms with Crippen LogP contribution in [0.3, 0.4) is 0 Å². The fourth-order valence-electron chi connectivity index (χ4n) is 5.28. The van der Waals surface area contributed by atoms with E-state index in [2.05, 4.69) is 69.3 Å². The van der Waals surface area contributed by atoms with Crippen LogP contribution < -0.4 is 9.47 Å². The van der Waals surface area contributed by atoms with E-state index in [1.165, 1.54) is 16.7 Å². The number of hydrogen-bond acceptors (Lipinski definition) is 5. The fourth-order valence-corrected chi connectivity index (χ4v) is 5.28. The van der Waals surface area contributed by atoms with E-state index in [-0.39, 0.29) is 11.7 Å². The summed E-state index contributed by atoms with van der Waals surface area (Å²) in [6.45, 7) is 9.23. The predicted octanol–water partition coefficient (Wildman–Crippen LogP) is 8.51. The van der Waals surface area contributed by atoms with Crippen molar-refractivity contribution in [2.45, 2.75) is 34.0 Å². The molecule has 0 aromatic heterocycles. The molecule has 0 N–H and O–H groups in total. The van der Waals surface area contributed by atoms with Crippen molar-refractivity contribution >= 4 is 11.4 Å². The molecule has 5 nitrogen and oxygen atoms in total. The third kappa shape index (κ3) is 12.4. The summed E-state index contributed by atoms with van der Waals surface area (Å²) in [6.07, 6.45) is 2.21. The number of carbonyl (C=O) groups is 1. The molecular formula is C40H50N2O3. The zero-order valence-electron chi connectivity index (χ0n) is 28.1. The minimum absolute atomic E-state index is 0.0284. The highest BCUT2D eigenvalue weighted by Gasteiger charge is 2.16. The molecule has 0 saturated carbocycles. The first kappa shape index (κ1) is 35.3. The lowest BCUT2D eigenvalue weighted by molar-refractivity contribution is 0.0909. The first-order chi connectivity index (χ1) is 21.7. The van der Waals surface area contributed by atoms with Gasteiger partial charge in [0.1, 0.15) is 24.7 Å². The largest absolute Gasteiger partial charge is 0.489 e.